The number of nitrogens with zero attached hydrogens (tertiary/aromatic N) is 2. The van der Waals surface area contributed by atoms with Crippen LogP contribution in [0.25, 0.3) is 0 Å². The highest BCUT2D eigenvalue weighted by Gasteiger charge is 2.76. The number of ether oxygens (including phenoxy) is 2. The van der Waals surface area contributed by atoms with Crippen molar-refractivity contribution in [3.63, 3.8) is 0 Å². The van der Waals surface area contributed by atoms with Crippen LogP contribution in [0.5, 0.6) is 0 Å². The summed E-state index contributed by atoms with van der Waals surface area (Å²) in [6, 6.07) is 7.92. The Labute approximate surface area is 256 Å². The lowest BCUT2D eigenvalue weighted by atomic mass is 9.73. The Morgan fingerprint density at radius 1 is 1.00 bits per heavy atom. The molecule has 1 N–H and O–H groups in total. The van der Waals surface area contributed by atoms with Crippen molar-refractivity contribution in [2.24, 2.45) is 17.3 Å². The van der Waals surface area contributed by atoms with Crippen LogP contribution in [0.3, 0.4) is 0 Å². The standard InChI is InChI=1S/C35H48N2O6/c1-7-34-17-12-9-13-20-42-31(41)27(34)26-29(39)37(25(22-38)21-24-15-10-8-11-16-24)28-30(40)36(19-14-18-35(26,28)43-34)33(5,6)23-32(2,3)4/h8,10-12,14-18,25-28,38H,7,9,13,19-23H2,1-6H3/b17-12-/t25-,26+,27-,28?,34+,35+/m1/s1. The predicted molar refractivity (Wildman–Crippen MR) is 164 cm³/mol. The molecule has 43 heavy (non-hydrogen) atoms. The van der Waals surface area contributed by atoms with E-state index in [0.717, 1.165) is 18.4 Å². The molecule has 234 valence electrons. The van der Waals surface area contributed by atoms with Crippen molar-refractivity contribution in [2.75, 3.05) is 19.8 Å². The molecule has 6 atom stereocenters. The number of aliphatic hydroxyl groups is 1. The van der Waals surface area contributed by atoms with Crippen molar-refractivity contribution < 1.29 is 29.0 Å². The lowest BCUT2D eigenvalue weighted by Crippen LogP contribution is -2.62. The first kappa shape index (κ1) is 31.5. The van der Waals surface area contributed by atoms with Gasteiger partial charge in [0.05, 0.1) is 25.2 Å². The average molecular weight is 593 g/mol. The third-order valence-electron chi connectivity index (χ3n) is 9.68. The van der Waals surface area contributed by atoms with Crippen molar-refractivity contribution in [3.8, 4) is 0 Å². The number of esters is 1. The van der Waals surface area contributed by atoms with E-state index < -0.39 is 46.6 Å². The molecular formula is C35H48N2O6. The first-order chi connectivity index (χ1) is 20.3. The number of aliphatic hydroxyl groups excluding tert-OH is 1. The number of allylic oxidation sites excluding steroid dienone is 1. The van der Waals surface area contributed by atoms with Gasteiger partial charge in [0.1, 0.15) is 23.2 Å². The van der Waals surface area contributed by atoms with E-state index in [1.165, 1.54) is 0 Å². The number of amides is 2. The second kappa shape index (κ2) is 11.5. The second-order valence-corrected chi connectivity index (χ2v) is 14.5. The number of hydrogen-bond donors (Lipinski definition) is 1. The number of benzene rings is 1. The van der Waals surface area contributed by atoms with Crippen LogP contribution >= 0.6 is 0 Å². The van der Waals surface area contributed by atoms with Crippen molar-refractivity contribution in [2.45, 2.75) is 102 Å². The summed E-state index contributed by atoms with van der Waals surface area (Å²) in [5.41, 5.74) is -2.14. The molecule has 8 nitrogen and oxygen atoms in total. The van der Waals surface area contributed by atoms with E-state index in [1.807, 2.05) is 66.5 Å². The summed E-state index contributed by atoms with van der Waals surface area (Å²) in [6.45, 7) is 12.8. The average Bonchev–Trinajstić information content (AvgIpc) is 3.32. The SMILES string of the molecule is CC[C@]12/C=C\CCCOC(=O)[C@H]1[C@H]1C(=O)N([C@@H](CO)Cc3ccccc3)C3C(=O)N(C(C)(C)CC(C)(C)C)CC=C[C@@]31O2. The Bertz CT molecular complexity index is 1280. The molecule has 4 aliphatic heterocycles. The van der Waals surface area contributed by atoms with Crippen molar-refractivity contribution in [3.05, 3.63) is 60.2 Å². The van der Waals surface area contributed by atoms with Crippen LogP contribution in [0.4, 0.5) is 0 Å². The van der Waals surface area contributed by atoms with Gasteiger partial charge in [-0.3, -0.25) is 14.4 Å². The number of fused-ring (bicyclic) bond motifs is 2. The molecule has 0 bridgehead atoms. The molecule has 1 spiro atoms. The Balaban J connectivity index is 1.68. The number of likely N-dealkylation sites (tertiary alicyclic amines) is 1. The van der Waals surface area contributed by atoms with Gasteiger partial charge in [0.15, 0.2) is 0 Å². The summed E-state index contributed by atoms with van der Waals surface area (Å²) < 4.78 is 12.8. The van der Waals surface area contributed by atoms with Gasteiger partial charge in [0.2, 0.25) is 11.8 Å². The highest BCUT2D eigenvalue weighted by Crippen LogP contribution is 2.59. The second-order valence-electron chi connectivity index (χ2n) is 14.5. The van der Waals surface area contributed by atoms with E-state index in [2.05, 4.69) is 34.6 Å². The molecule has 0 radical (unpaired) electrons. The zero-order valence-corrected chi connectivity index (χ0v) is 26.5. The van der Waals surface area contributed by atoms with Crippen LogP contribution in [0.15, 0.2) is 54.6 Å². The number of carbonyl (C=O) groups is 3. The van der Waals surface area contributed by atoms with E-state index in [9.17, 15) is 19.5 Å². The van der Waals surface area contributed by atoms with Crippen LogP contribution in [0.2, 0.25) is 0 Å². The number of carbonyl (C=O) groups excluding carboxylic acids is 3. The lowest BCUT2D eigenvalue weighted by molar-refractivity contribution is -0.164. The Kier molecular flexibility index (Phi) is 8.42. The minimum Gasteiger partial charge on any atom is -0.465 e. The molecule has 2 fully saturated rings. The molecule has 1 aromatic rings. The summed E-state index contributed by atoms with van der Waals surface area (Å²) in [5, 5.41) is 10.8. The third-order valence-corrected chi connectivity index (χ3v) is 9.68. The van der Waals surface area contributed by atoms with E-state index >= 15 is 0 Å². The quantitative estimate of drug-likeness (QED) is 0.371. The molecule has 2 saturated heterocycles. The summed E-state index contributed by atoms with van der Waals surface area (Å²) in [6.07, 6.45) is 10.7. The maximum absolute atomic E-state index is 15.0. The number of cyclic esters (lactones) is 1. The molecule has 1 aromatic carbocycles. The maximum atomic E-state index is 15.0. The minimum absolute atomic E-state index is 0.0548. The third kappa shape index (κ3) is 5.46. The fourth-order valence-electron chi connectivity index (χ4n) is 8.28. The Morgan fingerprint density at radius 2 is 1.72 bits per heavy atom. The summed E-state index contributed by atoms with van der Waals surface area (Å²) in [4.78, 5) is 47.1. The number of hydrogen-bond acceptors (Lipinski definition) is 6. The van der Waals surface area contributed by atoms with Crippen LogP contribution in [-0.2, 0) is 30.3 Å². The highest BCUT2D eigenvalue weighted by molar-refractivity contribution is 5.99. The van der Waals surface area contributed by atoms with Crippen molar-refractivity contribution >= 4 is 17.8 Å². The highest BCUT2D eigenvalue weighted by atomic mass is 16.6. The van der Waals surface area contributed by atoms with Crippen LogP contribution in [-0.4, -0.2) is 81.3 Å². The minimum atomic E-state index is -1.39. The zero-order chi connectivity index (χ0) is 31.2. The van der Waals surface area contributed by atoms with Gasteiger partial charge in [-0.25, -0.2) is 0 Å². The molecule has 2 amide bonds. The summed E-state index contributed by atoms with van der Waals surface area (Å²) in [5.74, 6) is -2.93. The Morgan fingerprint density at radius 3 is 2.37 bits per heavy atom. The van der Waals surface area contributed by atoms with Gasteiger partial charge in [0, 0.05) is 12.1 Å². The van der Waals surface area contributed by atoms with E-state index in [4.69, 9.17) is 9.47 Å². The fourth-order valence-corrected chi connectivity index (χ4v) is 8.28. The molecule has 5 rings (SSSR count). The summed E-state index contributed by atoms with van der Waals surface area (Å²) >= 11 is 0. The van der Waals surface area contributed by atoms with Gasteiger partial charge < -0.3 is 24.4 Å². The lowest BCUT2D eigenvalue weighted by Gasteiger charge is -2.46. The van der Waals surface area contributed by atoms with E-state index in [-0.39, 0.29) is 30.4 Å². The van der Waals surface area contributed by atoms with Crippen molar-refractivity contribution in [1.29, 1.82) is 0 Å². The van der Waals surface area contributed by atoms with Crippen molar-refractivity contribution in [1.82, 2.24) is 9.80 Å². The van der Waals surface area contributed by atoms with Crippen LogP contribution in [0.1, 0.15) is 72.8 Å². The molecule has 4 heterocycles. The molecule has 0 saturated carbocycles. The van der Waals surface area contributed by atoms with Gasteiger partial charge in [-0.15, -0.1) is 0 Å². The molecule has 1 unspecified atom stereocenters. The molecule has 4 aliphatic rings. The summed E-state index contributed by atoms with van der Waals surface area (Å²) in [7, 11) is 0. The maximum Gasteiger partial charge on any atom is 0.313 e. The van der Waals surface area contributed by atoms with Gasteiger partial charge >= 0.3 is 5.97 Å². The largest absolute Gasteiger partial charge is 0.465 e. The topological polar surface area (TPSA) is 96.4 Å². The van der Waals surface area contributed by atoms with Crippen LogP contribution in [0, 0.1) is 17.3 Å². The first-order valence-corrected chi connectivity index (χ1v) is 15.8. The molecule has 8 heteroatoms. The fraction of sp³-hybridized carbons (Fsp3) is 0.629. The monoisotopic (exact) mass is 592 g/mol. The normalized spacial score (nSPS) is 32.6. The first-order valence-electron chi connectivity index (χ1n) is 15.8. The Hall–Kier alpha value is -2.97. The van der Waals surface area contributed by atoms with E-state index in [0.29, 0.717) is 25.8 Å². The molecule has 0 aromatic heterocycles. The predicted octanol–water partition coefficient (Wildman–Crippen LogP) is 4.46. The zero-order valence-electron chi connectivity index (χ0n) is 26.5. The van der Waals surface area contributed by atoms with E-state index in [1.54, 1.807) is 4.90 Å². The smallest absolute Gasteiger partial charge is 0.313 e. The van der Waals surface area contributed by atoms with Gasteiger partial charge in [-0.2, -0.15) is 0 Å². The van der Waals surface area contributed by atoms with Gasteiger partial charge in [-0.1, -0.05) is 82.3 Å². The number of rotatable bonds is 7. The van der Waals surface area contributed by atoms with Gasteiger partial charge in [0.25, 0.3) is 0 Å². The van der Waals surface area contributed by atoms with Gasteiger partial charge in [-0.05, 0) is 56.9 Å². The molecular weight excluding hydrogens is 544 g/mol. The molecule has 0 aliphatic carbocycles. The van der Waals surface area contributed by atoms with Crippen LogP contribution < -0.4 is 0 Å².